The number of fused-ring (bicyclic) bond motifs is 2. The molecular formula is C25H31NO4. The van der Waals surface area contributed by atoms with Gasteiger partial charge in [0, 0.05) is 18.7 Å². The summed E-state index contributed by atoms with van der Waals surface area (Å²) in [5.41, 5.74) is 4.85. The number of hydrogen-bond donors (Lipinski definition) is 0. The average molecular weight is 410 g/mol. The van der Waals surface area contributed by atoms with Crippen LogP contribution in [0.1, 0.15) is 32.6 Å². The van der Waals surface area contributed by atoms with Crippen LogP contribution in [-0.4, -0.2) is 50.0 Å². The third-order valence-electron chi connectivity index (χ3n) is 6.00. The van der Waals surface area contributed by atoms with Gasteiger partial charge in [-0.25, -0.2) is 0 Å². The van der Waals surface area contributed by atoms with Crippen LogP contribution in [0.3, 0.4) is 0 Å². The third-order valence-corrected chi connectivity index (χ3v) is 6.00. The van der Waals surface area contributed by atoms with Crippen LogP contribution >= 0.6 is 0 Å². The monoisotopic (exact) mass is 409 g/mol. The Morgan fingerprint density at radius 2 is 2.27 bits per heavy atom. The highest BCUT2D eigenvalue weighted by Crippen LogP contribution is 2.36. The molecular weight excluding hydrogens is 378 g/mol. The van der Waals surface area contributed by atoms with Gasteiger partial charge in [-0.15, -0.1) is 0 Å². The Labute approximate surface area is 179 Å². The van der Waals surface area contributed by atoms with E-state index in [4.69, 9.17) is 14.2 Å². The van der Waals surface area contributed by atoms with Crippen molar-refractivity contribution < 1.29 is 19.0 Å². The molecule has 2 aliphatic heterocycles. The minimum Gasteiger partial charge on any atom is -0.474 e. The molecule has 160 valence electrons. The highest BCUT2D eigenvalue weighted by Gasteiger charge is 2.27. The van der Waals surface area contributed by atoms with E-state index in [2.05, 4.69) is 41.4 Å². The van der Waals surface area contributed by atoms with Crippen molar-refractivity contribution >= 4 is 5.97 Å². The highest BCUT2D eigenvalue weighted by molar-refractivity contribution is 5.72. The number of ether oxygens (including phenoxy) is 3. The van der Waals surface area contributed by atoms with Gasteiger partial charge in [0.05, 0.1) is 18.8 Å². The Morgan fingerprint density at radius 1 is 1.33 bits per heavy atom. The molecule has 5 heteroatoms. The topological polar surface area (TPSA) is 48.0 Å². The van der Waals surface area contributed by atoms with E-state index >= 15 is 0 Å². The summed E-state index contributed by atoms with van der Waals surface area (Å²) in [4.78, 5) is 14.5. The van der Waals surface area contributed by atoms with Gasteiger partial charge in [-0.05, 0) is 55.9 Å². The Morgan fingerprint density at radius 3 is 3.17 bits per heavy atom. The second kappa shape index (κ2) is 10.1. The van der Waals surface area contributed by atoms with Crippen molar-refractivity contribution in [3.8, 4) is 0 Å². The molecule has 0 amide bonds. The molecule has 1 fully saturated rings. The molecule has 4 aliphatic rings. The Kier molecular flexibility index (Phi) is 7.03. The van der Waals surface area contributed by atoms with Crippen molar-refractivity contribution in [3.63, 3.8) is 0 Å². The molecule has 4 rings (SSSR count). The van der Waals surface area contributed by atoms with Gasteiger partial charge in [0.1, 0.15) is 6.10 Å². The van der Waals surface area contributed by atoms with E-state index in [9.17, 15) is 4.79 Å². The third kappa shape index (κ3) is 4.85. The summed E-state index contributed by atoms with van der Waals surface area (Å²) < 4.78 is 16.7. The van der Waals surface area contributed by atoms with Crippen molar-refractivity contribution in [3.05, 3.63) is 71.1 Å². The van der Waals surface area contributed by atoms with Gasteiger partial charge in [-0.3, -0.25) is 4.79 Å². The van der Waals surface area contributed by atoms with Crippen LogP contribution in [0.4, 0.5) is 0 Å². The van der Waals surface area contributed by atoms with Gasteiger partial charge >= 0.3 is 5.97 Å². The molecule has 1 saturated heterocycles. The lowest BCUT2D eigenvalue weighted by molar-refractivity contribution is -0.149. The first kappa shape index (κ1) is 20.9. The lowest BCUT2D eigenvalue weighted by Gasteiger charge is -2.31. The van der Waals surface area contributed by atoms with Gasteiger partial charge in [-0.1, -0.05) is 42.5 Å². The lowest BCUT2D eigenvalue weighted by atomic mass is 9.83. The maximum atomic E-state index is 12.1. The van der Waals surface area contributed by atoms with E-state index in [1.54, 1.807) is 0 Å². The largest absolute Gasteiger partial charge is 0.474 e. The van der Waals surface area contributed by atoms with Gasteiger partial charge in [0.15, 0.2) is 6.79 Å². The quantitative estimate of drug-likeness (QED) is 0.637. The molecule has 0 bridgehead atoms. The smallest absolute Gasteiger partial charge is 0.310 e. The molecule has 0 aromatic rings. The highest BCUT2D eigenvalue weighted by atomic mass is 16.7. The van der Waals surface area contributed by atoms with E-state index in [1.807, 2.05) is 19.3 Å². The molecule has 0 spiro atoms. The molecule has 2 atom stereocenters. The van der Waals surface area contributed by atoms with Crippen molar-refractivity contribution in [2.45, 2.75) is 38.7 Å². The molecule has 0 radical (unpaired) electrons. The van der Waals surface area contributed by atoms with E-state index in [-0.39, 0.29) is 24.8 Å². The lowest BCUT2D eigenvalue weighted by Crippen LogP contribution is -2.39. The first-order valence-corrected chi connectivity index (χ1v) is 11.0. The molecule has 0 saturated carbocycles. The van der Waals surface area contributed by atoms with E-state index < -0.39 is 0 Å². The number of carbonyl (C=O) groups is 1. The van der Waals surface area contributed by atoms with Crippen molar-refractivity contribution in [2.75, 3.05) is 33.0 Å². The fourth-order valence-corrected chi connectivity index (χ4v) is 4.58. The van der Waals surface area contributed by atoms with Crippen molar-refractivity contribution in [1.29, 1.82) is 0 Å². The Balaban J connectivity index is 1.47. The molecule has 30 heavy (non-hydrogen) atoms. The van der Waals surface area contributed by atoms with Crippen LogP contribution < -0.4 is 0 Å². The summed E-state index contributed by atoms with van der Waals surface area (Å²) in [5, 5.41) is 0. The predicted molar refractivity (Wildman–Crippen MR) is 116 cm³/mol. The number of nitrogens with zero attached hydrogens (tertiary/aromatic N) is 1. The fraction of sp³-hybridized carbons (Fsp3) is 0.480. The van der Waals surface area contributed by atoms with E-state index in [0.29, 0.717) is 6.61 Å². The number of piperidine rings is 1. The zero-order chi connectivity index (χ0) is 20.8. The second-order valence-electron chi connectivity index (χ2n) is 8.04. The number of hydrogen-bond acceptors (Lipinski definition) is 5. The zero-order valence-electron chi connectivity index (χ0n) is 17.7. The Hall–Kier alpha value is -2.37. The predicted octanol–water partition coefficient (Wildman–Crippen LogP) is 4.22. The standard InChI is InChI=1S/C25H31NO4/c1-2-29-25(27)20-11-7-15-26(16-20)14-6-10-19-8-5-9-21-17-28-18-30-23-13-4-3-12-22(23)24(19)21/h3-5,9-10,12-13,17,20,23H,2,6-8,11,14-16,18H2,1H3/t20?,23-/m1/s1. The summed E-state index contributed by atoms with van der Waals surface area (Å²) in [6.07, 6.45) is 20.6. The maximum absolute atomic E-state index is 12.1. The van der Waals surface area contributed by atoms with Crippen LogP contribution in [0.5, 0.6) is 0 Å². The number of esters is 1. The number of allylic oxidation sites excluding steroid dienone is 7. The van der Waals surface area contributed by atoms with Crippen LogP contribution in [0.25, 0.3) is 0 Å². The van der Waals surface area contributed by atoms with Crippen LogP contribution in [0.15, 0.2) is 71.1 Å². The van der Waals surface area contributed by atoms with E-state index in [1.165, 1.54) is 16.7 Å². The second-order valence-corrected chi connectivity index (χ2v) is 8.04. The number of carbonyl (C=O) groups excluding carboxylic acids is 1. The Bertz CT molecular complexity index is 830. The number of rotatable bonds is 5. The first-order chi connectivity index (χ1) is 14.8. The molecule has 1 unspecified atom stereocenters. The van der Waals surface area contributed by atoms with Gasteiger partial charge in [0.25, 0.3) is 0 Å². The fourth-order valence-electron chi connectivity index (χ4n) is 4.58. The summed E-state index contributed by atoms with van der Waals surface area (Å²) in [5.74, 6) is -0.0272. The van der Waals surface area contributed by atoms with Crippen LogP contribution in [-0.2, 0) is 19.0 Å². The maximum Gasteiger partial charge on any atom is 0.310 e. The SMILES string of the molecule is CCOC(=O)C1CCCN(CCC=C2CC=CC3=COCO[C@@H]4C=CC=CC4=C32)C1. The minimum atomic E-state index is -0.0731. The average Bonchev–Trinajstić information content (AvgIpc) is 2.76. The summed E-state index contributed by atoms with van der Waals surface area (Å²) >= 11 is 0. The number of likely N-dealkylation sites (tertiary alicyclic amines) is 1. The summed E-state index contributed by atoms with van der Waals surface area (Å²) in [7, 11) is 0. The van der Waals surface area contributed by atoms with Crippen molar-refractivity contribution in [1.82, 2.24) is 4.90 Å². The van der Waals surface area contributed by atoms with Gasteiger partial charge < -0.3 is 19.1 Å². The minimum absolute atomic E-state index is 0.0169. The summed E-state index contributed by atoms with van der Waals surface area (Å²) in [6, 6.07) is 0. The van der Waals surface area contributed by atoms with Gasteiger partial charge in [-0.2, -0.15) is 0 Å². The van der Waals surface area contributed by atoms with E-state index in [0.717, 1.165) is 50.9 Å². The zero-order valence-corrected chi connectivity index (χ0v) is 17.7. The molecule has 0 aromatic carbocycles. The molecule has 0 N–H and O–H groups in total. The molecule has 5 nitrogen and oxygen atoms in total. The van der Waals surface area contributed by atoms with Crippen LogP contribution in [0.2, 0.25) is 0 Å². The normalized spacial score (nSPS) is 27.6. The molecule has 2 heterocycles. The van der Waals surface area contributed by atoms with Gasteiger partial charge in [0.2, 0.25) is 0 Å². The van der Waals surface area contributed by atoms with Crippen molar-refractivity contribution in [2.24, 2.45) is 5.92 Å². The molecule has 2 aliphatic carbocycles. The summed E-state index contributed by atoms with van der Waals surface area (Å²) in [6.45, 7) is 5.40. The van der Waals surface area contributed by atoms with Crippen LogP contribution in [0, 0.1) is 5.92 Å². The first-order valence-electron chi connectivity index (χ1n) is 11.0. The molecule has 0 aromatic heterocycles.